The van der Waals surface area contributed by atoms with Crippen molar-refractivity contribution >= 4 is 34.4 Å². The SMILES string of the molecule is CN1CC(C2CN=C3C(Nc4cc(C5CC5)ns4)=NC=CN32)C=N1. The number of nitrogens with zero attached hydrogens (tertiary/aromatic N) is 6. The Labute approximate surface area is 144 Å². The minimum absolute atomic E-state index is 0.320. The zero-order chi connectivity index (χ0) is 16.1. The molecule has 4 aliphatic rings. The van der Waals surface area contributed by atoms with Crippen LogP contribution in [0.3, 0.4) is 0 Å². The van der Waals surface area contributed by atoms with Gasteiger partial charge in [-0.15, -0.1) is 0 Å². The molecule has 2 unspecified atom stereocenters. The van der Waals surface area contributed by atoms with Crippen LogP contribution in [0.5, 0.6) is 0 Å². The topological polar surface area (TPSA) is 68.5 Å². The molecule has 5 rings (SSSR count). The Hall–Kier alpha value is -2.22. The van der Waals surface area contributed by atoms with Crippen LogP contribution in [-0.2, 0) is 0 Å². The first-order valence-corrected chi connectivity index (χ1v) is 9.12. The van der Waals surface area contributed by atoms with Crippen LogP contribution in [0.1, 0.15) is 24.5 Å². The van der Waals surface area contributed by atoms with E-state index in [0.29, 0.717) is 17.9 Å². The number of rotatable bonds is 3. The van der Waals surface area contributed by atoms with E-state index >= 15 is 0 Å². The molecule has 24 heavy (non-hydrogen) atoms. The van der Waals surface area contributed by atoms with Crippen molar-refractivity contribution < 1.29 is 0 Å². The van der Waals surface area contributed by atoms with Crippen molar-refractivity contribution in [1.29, 1.82) is 0 Å². The third kappa shape index (κ3) is 2.41. The lowest BCUT2D eigenvalue weighted by atomic mass is 10.0. The maximum atomic E-state index is 4.74. The third-order valence-electron chi connectivity index (χ3n) is 4.86. The Morgan fingerprint density at radius 2 is 2.25 bits per heavy atom. The van der Waals surface area contributed by atoms with Crippen LogP contribution >= 0.6 is 11.5 Å². The molecule has 7 nitrogen and oxygen atoms in total. The van der Waals surface area contributed by atoms with E-state index in [9.17, 15) is 0 Å². The molecule has 1 N–H and O–H groups in total. The fraction of sp³-hybridized carbons (Fsp3) is 0.500. The highest BCUT2D eigenvalue weighted by Gasteiger charge is 2.37. The minimum Gasteiger partial charge on any atom is -0.328 e. The van der Waals surface area contributed by atoms with Crippen LogP contribution in [-0.4, -0.2) is 58.3 Å². The van der Waals surface area contributed by atoms with Gasteiger partial charge in [0.15, 0.2) is 11.7 Å². The summed E-state index contributed by atoms with van der Waals surface area (Å²) in [7, 11) is 2.01. The Morgan fingerprint density at radius 3 is 3.04 bits per heavy atom. The molecular weight excluding hydrogens is 322 g/mol. The molecule has 1 fully saturated rings. The molecule has 4 heterocycles. The fourth-order valence-corrected chi connectivity index (χ4v) is 4.13. The van der Waals surface area contributed by atoms with Gasteiger partial charge >= 0.3 is 0 Å². The number of aliphatic imine (C=N–C) groups is 2. The molecule has 0 aromatic carbocycles. The molecule has 1 aromatic rings. The van der Waals surface area contributed by atoms with Crippen molar-refractivity contribution in [3.8, 4) is 0 Å². The van der Waals surface area contributed by atoms with Gasteiger partial charge in [0.2, 0.25) is 0 Å². The maximum absolute atomic E-state index is 4.74. The number of anilines is 1. The van der Waals surface area contributed by atoms with Crippen molar-refractivity contribution in [1.82, 2.24) is 14.3 Å². The van der Waals surface area contributed by atoms with E-state index in [1.807, 2.05) is 30.7 Å². The van der Waals surface area contributed by atoms with E-state index in [2.05, 4.69) is 30.8 Å². The summed E-state index contributed by atoms with van der Waals surface area (Å²) in [6.45, 7) is 1.72. The van der Waals surface area contributed by atoms with Gasteiger partial charge in [-0.3, -0.25) is 10.0 Å². The van der Waals surface area contributed by atoms with E-state index in [4.69, 9.17) is 4.99 Å². The zero-order valence-corrected chi connectivity index (χ0v) is 14.3. The highest BCUT2D eigenvalue weighted by molar-refractivity contribution is 7.10. The normalized spacial score (nSPS) is 28.2. The summed E-state index contributed by atoms with van der Waals surface area (Å²) in [5, 5.41) is 10.8. The summed E-state index contributed by atoms with van der Waals surface area (Å²) in [6.07, 6.45) is 8.45. The van der Waals surface area contributed by atoms with Gasteiger partial charge in [-0.1, -0.05) is 0 Å². The lowest BCUT2D eigenvalue weighted by molar-refractivity contribution is 0.299. The fourth-order valence-electron chi connectivity index (χ4n) is 3.41. The van der Waals surface area contributed by atoms with E-state index in [1.165, 1.54) is 30.1 Å². The highest BCUT2D eigenvalue weighted by Crippen LogP contribution is 2.41. The van der Waals surface area contributed by atoms with E-state index in [0.717, 1.165) is 29.8 Å². The standard InChI is InChI=1S/C16H19N7S/c1-22-9-11(7-19-22)13-8-18-16-15(17-4-5-23(13)16)20-14-6-12(21-24-14)10-2-3-10/h4-7,10-11,13H,2-3,8-9H2,1H3,(H,17,20). The third-order valence-corrected chi connectivity index (χ3v) is 5.58. The smallest absolute Gasteiger partial charge is 0.174 e. The summed E-state index contributed by atoms with van der Waals surface area (Å²) >= 11 is 1.50. The second-order valence-corrected chi connectivity index (χ2v) is 7.50. The van der Waals surface area contributed by atoms with Crippen LogP contribution in [0.15, 0.2) is 33.6 Å². The van der Waals surface area contributed by atoms with Gasteiger partial charge in [0.25, 0.3) is 0 Å². The zero-order valence-electron chi connectivity index (χ0n) is 13.5. The summed E-state index contributed by atoms with van der Waals surface area (Å²) in [4.78, 5) is 11.5. The second kappa shape index (κ2) is 5.41. The largest absolute Gasteiger partial charge is 0.328 e. The van der Waals surface area contributed by atoms with Gasteiger partial charge in [-0.25, -0.2) is 4.99 Å². The quantitative estimate of drug-likeness (QED) is 0.912. The van der Waals surface area contributed by atoms with Crippen molar-refractivity contribution in [2.24, 2.45) is 21.0 Å². The predicted octanol–water partition coefficient (Wildman–Crippen LogP) is 1.95. The van der Waals surface area contributed by atoms with Crippen LogP contribution in [0.25, 0.3) is 0 Å². The second-order valence-electron chi connectivity index (χ2n) is 6.70. The lowest BCUT2D eigenvalue weighted by Gasteiger charge is -2.29. The predicted molar refractivity (Wildman–Crippen MR) is 96.8 cm³/mol. The summed E-state index contributed by atoms with van der Waals surface area (Å²) in [6, 6.07) is 2.47. The molecule has 0 bridgehead atoms. The first-order valence-electron chi connectivity index (χ1n) is 8.34. The number of nitrogens with one attached hydrogen (secondary N) is 1. The molecule has 0 spiro atoms. The van der Waals surface area contributed by atoms with Crippen molar-refractivity contribution in [3.63, 3.8) is 0 Å². The van der Waals surface area contributed by atoms with Crippen LogP contribution in [0, 0.1) is 5.92 Å². The highest BCUT2D eigenvalue weighted by atomic mass is 32.1. The molecular formula is C16H19N7S. The summed E-state index contributed by atoms with van der Waals surface area (Å²) < 4.78 is 4.55. The molecule has 124 valence electrons. The van der Waals surface area contributed by atoms with Crippen LogP contribution in [0.4, 0.5) is 5.00 Å². The molecule has 8 heteroatoms. The minimum atomic E-state index is 0.320. The number of fused-ring (bicyclic) bond motifs is 1. The van der Waals surface area contributed by atoms with Gasteiger partial charge in [0.1, 0.15) is 5.00 Å². The number of amidine groups is 2. The molecule has 1 aromatic heterocycles. The number of hydrogen-bond donors (Lipinski definition) is 1. The van der Waals surface area contributed by atoms with Gasteiger partial charge in [0, 0.05) is 44.0 Å². The van der Waals surface area contributed by atoms with E-state index < -0.39 is 0 Å². The van der Waals surface area contributed by atoms with Crippen molar-refractivity contribution in [2.75, 3.05) is 25.5 Å². The van der Waals surface area contributed by atoms with Crippen LogP contribution in [0.2, 0.25) is 0 Å². The Kier molecular flexibility index (Phi) is 3.19. The average molecular weight is 341 g/mol. The molecule has 0 radical (unpaired) electrons. The molecule has 3 aliphatic heterocycles. The summed E-state index contributed by atoms with van der Waals surface area (Å²) in [5.41, 5.74) is 1.21. The van der Waals surface area contributed by atoms with Crippen molar-refractivity contribution in [2.45, 2.75) is 24.8 Å². The first kappa shape index (κ1) is 14.2. The lowest BCUT2D eigenvalue weighted by Crippen LogP contribution is -2.44. The number of hydrogen-bond acceptors (Lipinski definition) is 8. The molecule has 1 aliphatic carbocycles. The van der Waals surface area contributed by atoms with Gasteiger partial charge < -0.3 is 10.2 Å². The maximum Gasteiger partial charge on any atom is 0.174 e. The Bertz CT molecular complexity index is 773. The Balaban J connectivity index is 1.32. The molecule has 1 saturated carbocycles. The van der Waals surface area contributed by atoms with Gasteiger partial charge in [-0.2, -0.15) is 9.47 Å². The van der Waals surface area contributed by atoms with E-state index in [1.54, 1.807) is 0 Å². The number of aromatic nitrogens is 1. The average Bonchev–Trinajstić information content (AvgIpc) is 2.97. The molecule has 0 saturated heterocycles. The van der Waals surface area contributed by atoms with E-state index in [-0.39, 0.29) is 0 Å². The van der Waals surface area contributed by atoms with Gasteiger partial charge in [-0.05, 0) is 30.4 Å². The molecule has 0 amide bonds. The first-order chi connectivity index (χ1) is 11.8. The van der Waals surface area contributed by atoms with Gasteiger partial charge in [0.05, 0.1) is 18.3 Å². The monoisotopic (exact) mass is 341 g/mol. The number of hydrazone groups is 1. The Morgan fingerprint density at radius 1 is 1.33 bits per heavy atom. The van der Waals surface area contributed by atoms with Crippen molar-refractivity contribution in [3.05, 3.63) is 24.2 Å². The summed E-state index contributed by atoms with van der Waals surface area (Å²) in [5.74, 6) is 2.81. The molecule has 2 atom stereocenters. The van der Waals surface area contributed by atoms with Crippen LogP contribution < -0.4 is 5.32 Å².